The number of piperidine rings is 1. The quantitative estimate of drug-likeness (QED) is 0.773. The zero-order chi connectivity index (χ0) is 17.1. The maximum absolute atomic E-state index is 12.4. The molecule has 1 fully saturated rings. The molecule has 126 valence electrons. The van der Waals surface area contributed by atoms with E-state index in [0.717, 1.165) is 42.6 Å². The van der Waals surface area contributed by atoms with Crippen molar-refractivity contribution in [1.82, 2.24) is 15.3 Å². The highest BCUT2D eigenvalue weighted by molar-refractivity contribution is 5.91. The van der Waals surface area contributed by atoms with E-state index in [1.807, 2.05) is 24.3 Å². The number of rotatable bonds is 3. The molecule has 0 radical (unpaired) electrons. The van der Waals surface area contributed by atoms with E-state index >= 15 is 0 Å². The third-order valence-electron chi connectivity index (χ3n) is 4.60. The number of nitrogens with zero attached hydrogens (tertiary/aromatic N) is 2. The van der Waals surface area contributed by atoms with Crippen molar-refractivity contribution >= 4 is 22.6 Å². The number of nitrogens with one attached hydrogen (secondary N) is 2. The van der Waals surface area contributed by atoms with E-state index in [0.29, 0.717) is 5.95 Å². The largest absolute Gasteiger partial charge is 0.316 e. The van der Waals surface area contributed by atoms with E-state index < -0.39 is 0 Å². The van der Waals surface area contributed by atoms with Crippen molar-refractivity contribution in [3.8, 4) is 11.3 Å². The molecule has 0 spiro atoms. The predicted molar refractivity (Wildman–Crippen MR) is 99.2 cm³/mol. The second-order valence-corrected chi connectivity index (χ2v) is 6.36. The number of carbonyl (C=O) groups is 1. The fourth-order valence-electron chi connectivity index (χ4n) is 3.22. The van der Waals surface area contributed by atoms with Crippen molar-refractivity contribution in [3.63, 3.8) is 0 Å². The maximum atomic E-state index is 12.4. The smallest absolute Gasteiger partial charge is 0.231 e. The normalized spacial score (nSPS) is 17.4. The van der Waals surface area contributed by atoms with Gasteiger partial charge < -0.3 is 5.32 Å². The number of amides is 1. The average Bonchev–Trinajstić information content (AvgIpc) is 2.68. The van der Waals surface area contributed by atoms with Crippen LogP contribution in [0.25, 0.3) is 22.0 Å². The Morgan fingerprint density at radius 3 is 2.84 bits per heavy atom. The van der Waals surface area contributed by atoms with Gasteiger partial charge in [-0.15, -0.1) is 0 Å². The molecule has 1 atom stereocenters. The minimum absolute atomic E-state index is 0.0112. The first-order valence-electron chi connectivity index (χ1n) is 8.63. The van der Waals surface area contributed by atoms with E-state index in [1.54, 1.807) is 6.20 Å². The van der Waals surface area contributed by atoms with E-state index in [9.17, 15) is 4.79 Å². The van der Waals surface area contributed by atoms with Crippen molar-refractivity contribution in [2.24, 2.45) is 5.92 Å². The second-order valence-electron chi connectivity index (χ2n) is 6.36. The van der Waals surface area contributed by atoms with E-state index in [-0.39, 0.29) is 11.8 Å². The van der Waals surface area contributed by atoms with Gasteiger partial charge in [0.25, 0.3) is 0 Å². The van der Waals surface area contributed by atoms with Gasteiger partial charge in [0.1, 0.15) is 0 Å². The molecule has 1 aliphatic rings. The lowest BCUT2D eigenvalue weighted by Gasteiger charge is -2.21. The van der Waals surface area contributed by atoms with Crippen LogP contribution in [0.2, 0.25) is 0 Å². The second kappa shape index (κ2) is 6.99. The van der Waals surface area contributed by atoms with Crippen LogP contribution in [-0.4, -0.2) is 29.0 Å². The van der Waals surface area contributed by atoms with Crippen LogP contribution >= 0.6 is 0 Å². The summed E-state index contributed by atoms with van der Waals surface area (Å²) in [5.41, 5.74) is 1.81. The number of hydrogen-bond acceptors (Lipinski definition) is 4. The van der Waals surface area contributed by atoms with Gasteiger partial charge in [0.2, 0.25) is 11.9 Å². The number of anilines is 1. The van der Waals surface area contributed by atoms with Crippen LogP contribution in [0.3, 0.4) is 0 Å². The molecular weight excluding hydrogens is 312 g/mol. The third-order valence-corrected chi connectivity index (χ3v) is 4.60. The molecule has 25 heavy (non-hydrogen) atoms. The van der Waals surface area contributed by atoms with Gasteiger partial charge in [0.15, 0.2) is 0 Å². The van der Waals surface area contributed by atoms with Crippen molar-refractivity contribution < 1.29 is 4.79 Å². The molecule has 2 N–H and O–H groups in total. The van der Waals surface area contributed by atoms with Gasteiger partial charge in [-0.2, -0.15) is 0 Å². The molecular formula is C20H20N4O. The van der Waals surface area contributed by atoms with E-state index in [2.05, 4.69) is 44.9 Å². The topological polar surface area (TPSA) is 66.9 Å². The number of aromatic nitrogens is 2. The number of fused-ring (bicyclic) bond motifs is 1. The Kier molecular flexibility index (Phi) is 4.39. The van der Waals surface area contributed by atoms with Gasteiger partial charge in [-0.3, -0.25) is 10.1 Å². The Balaban J connectivity index is 1.56. The zero-order valence-corrected chi connectivity index (χ0v) is 13.9. The standard InChI is InChI=1S/C20H20N4O/c25-19(17-6-3-10-21-13-17)24-20-22-11-9-18(23-20)16-8-7-14-4-1-2-5-15(14)12-16/h1-2,4-5,7-9,11-12,17,21H,3,6,10,13H2,(H,22,23,24,25). The van der Waals surface area contributed by atoms with Crippen LogP contribution in [0, 0.1) is 5.92 Å². The van der Waals surface area contributed by atoms with Gasteiger partial charge >= 0.3 is 0 Å². The van der Waals surface area contributed by atoms with Crippen LogP contribution in [0.4, 0.5) is 5.95 Å². The van der Waals surface area contributed by atoms with Gasteiger partial charge in [0, 0.05) is 18.3 Å². The summed E-state index contributed by atoms with van der Waals surface area (Å²) in [6, 6.07) is 16.3. The first-order valence-corrected chi connectivity index (χ1v) is 8.63. The molecule has 0 aliphatic carbocycles. The predicted octanol–water partition coefficient (Wildman–Crippen LogP) is 3.23. The van der Waals surface area contributed by atoms with Crippen molar-refractivity contribution in [3.05, 3.63) is 54.7 Å². The Bertz CT molecular complexity index is 903. The Morgan fingerprint density at radius 1 is 1.12 bits per heavy atom. The summed E-state index contributed by atoms with van der Waals surface area (Å²) in [6.07, 6.45) is 3.62. The van der Waals surface area contributed by atoms with E-state index in [1.165, 1.54) is 5.39 Å². The Hall–Kier alpha value is -2.79. The minimum atomic E-state index is -0.0123. The van der Waals surface area contributed by atoms with Crippen LogP contribution in [-0.2, 0) is 4.79 Å². The van der Waals surface area contributed by atoms with Gasteiger partial charge in [-0.25, -0.2) is 9.97 Å². The lowest BCUT2D eigenvalue weighted by molar-refractivity contribution is -0.120. The summed E-state index contributed by atoms with van der Waals surface area (Å²) in [5, 5.41) is 8.47. The first kappa shape index (κ1) is 15.7. The number of hydrogen-bond donors (Lipinski definition) is 2. The molecule has 1 aromatic heterocycles. The molecule has 1 amide bonds. The highest BCUT2D eigenvalue weighted by atomic mass is 16.2. The summed E-state index contributed by atoms with van der Waals surface area (Å²) in [7, 11) is 0. The van der Waals surface area contributed by atoms with Gasteiger partial charge in [-0.05, 0) is 42.3 Å². The third kappa shape index (κ3) is 3.51. The molecule has 2 heterocycles. The number of benzene rings is 2. The maximum Gasteiger partial charge on any atom is 0.231 e. The fraction of sp³-hybridized carbons (Fsp3) is 0.250. The highest BCUT2D eigenvalue weighted by Gasteiger charge is 2.21. The van der Waals surface area contributed by atoms with Crippen molar-refractivity contribution in [2.75, 3.05) is 18.4 Å². The summed E-state index contributed by atoms with van der Waals surface area (Å²) in [4.78, 5) is 21.1. The van der Waals surface area contributed by atoms with Crippen LogP contribution in [0.15, 0.2) is 54.7 Å². The molecule has 0 saturated carbocycles. The molecule has 1 saturated heterocycles. The molecule has 1 aliphatic heterocycles. The first-order chi connectivity index (χ1) is 12.3. The van der Waals surface area contributed by atoms with E-state index in [4.69, 9.17) is 0 Å². The Morgan fingerprint density at radius 2 is 2.00 bits per heavy atom. The molecule has 1 unspecified atom stereocenters. The molecule has 3 aromatic rings. The molecule has 5 nitrogen and oxygen atoms in total. The summed E-state index contributed by atoms with van der Waals surface area (Å²) in [6.45, 7) is 1.70. The molecule has 0 bridgehead atoms. The SMILES string of the molecule is O=C(Nc1nccc(-c2ccc3ccccc3c2)n1)C1CCCNC1. The zero-order valence-electron chi connectivity index (χ0n) is 13.9. The summed E-state index contributed by atoms with van der Waals surface area (Å²) < 4.78 is 0. The monoisotopic (exact) mass is 332 g/mol. The van der Waals surface area contributed by atoms with Crippen LogP contribution in [0.5, 0.6) is 0 Å². The summed E-state index contributed by atoms with van der Waals surface area (Å²) >= 11 is 0. The van der Waals surface area contributed by atoms with Gasteiger partial charge in [0.05, 0.1) is 11.6 Å². The lowest BCUT2D eigenvalue weighted by atomic mass is 9.99. The van der Waals surface area contributed by atoms with Crippen LogP contribution in [0.1, 0.15) is 12.8 Å². The average molecular weight is 332 g/mol. The summed E-state index contributed by atoms with van der Waals surface area (Å²) in [5.74, 6) is 0.339. The van der Waals surface area contributed by atoms with Crippen molar-refractivity contribution in [1.29, 1.82) is 0 Å². The van der Waals surface area contributed by atoms with Crippen molar-refractivity contribution in [2.45, 2.75) is 12.8 Å². The highest BCUT2D eigenvalue weighted by Crippen LogP contribution is 2.23. The van der Waals surface area contributed by atoms with Crippen LogP contribution < -0.4 is 10.6 Å². The molecule has 2 aromatic carbocycles. The Labute approximate surface area is 146 Å². The number of carbonyl (C=O) groups excluding carboxylic acids is 1. The fourth-order valence-corrected chi connectivity index (χ4v) is 3.22. The molecule has 4 rings (SSSR count). The molecule has 5 heteroatoms. The van der Waals surface area contributed by atoms with Gasteiger partial charge in [-0.1, -0.05) is 36.4 Å². The minimum Gasteiger partial charge on any atom is -0.316 e. The lowest BCUT2D eigenvalue weighted by Crippen LogP contribution is -2.37.